The van der Waals surface area contributed by atoms with Crippen LogP contribution >= 0.6 is 0 Å². The van der Waals surface area contributed by atoms with Crippen LogP contribution in [0.2, 0.25) is 0 Å². The van der Waals surface area contributed by atoms with E-state index in [9.17, 15) is 4.79 Å². The lowest BCUT2D eigenvalue weighted by Gasteiger charge is -2.37. The monoisotopic (exact) mass is 421 g/mol. The summed E-state index contributed by atoms with van der Waals surface area (Å²) >= 11 is 0. The van der Waals surface area contributed by atoms with E-state index in [1.54, 1.807) is 0 Å². The van der Waals surface area contributed by atoms with Gasteiger partial charge in [-0.3, -0.25) is 4.79 Å². The van der Waals surface area contributed by atoms with Gasteiger partial charge in [-0.1, -0.05) is 56.5 Å². The van der Waals surface area contributed by atoms with Crippen LogP contribution in [-0.4, -0.2) is 53.0 Å². The number of carbonyl (C=O) groups is 1. The lowest BCUT2D eigenvalue weighted by atomic mass is 9.95. The van der Waals surface area contributed by atoms with Gasteiger partial charge in [0, 0.05) is 44.0 Å². The summed E-state index contributed by atoms with van der Waals surface area (Å²) in [4.78, 5) is 26.9. The Morgan fingerprint density at radius 3 is 2.45 bits per heavy atom. The van der Waals surface area contributed by atoms with Crippen molar-refractivity contribution in [2.75, 3.05) is 36.4 Å². The molecule has 1 unspecified atom stereocenters. The first kappa shape index (κ1) is 21.6. The minimum Gasteiger partial charge on any atom is -0.353 e. The first-order chi connectivity index (χ1) is 15.1. The molecule has 166 valence electrons. The molecule has 0 bridgehead atoms. The first-order valence-corrected chi connectivity index (χ1v) is 11.8. The highest BCUT2D eigenvalue weighted by atomic mass is 16.2. The van der Waals surface area contributed by atoms with Gasteiger partial charge in [-0.15, -0.1) is 0 Å². The van der Waals surface area contributed by atoms with Crippen molar-refractivity contribution in [3.05, 3.63) is 47.7 Å². The Morgan fingerprint density at radius 2 is 1.77 bits per heavy atom. The Bertz CT molecular complexity index is 857. The molecule has 2 aliphatic rings. The fraction of sp³-hybridized carbons (Fsp3) is 0.560. The molecule has 1 aromatic carbocycles. The SMILES string of the molecule is CCC(C(=O)N1CCN(c2cc(C)nc(NC3CCCCC3)n2)CC1)c1ccccc1. The van der Waals surface area contributed by atoms with Crippen LogP contribution in [0.1, 0.15) is 62.6 Å². The summed E-state index contributed by atoms with van der Waals surface area (Å²) in [6, 6.07) is 12.7. The van der Waals surface area contributed by atoms with Crippen LogP contribution in [0.15, 0.2) is 36.4 Å². The second kappa shape index (κ2) is 10.1. The number of hydrogen-bond donors (Lipinski definition) is 1. The molecular formula is C25H35N5O. The summed E-state index contributed by atoms with van der Waals surface area (Å²) < 4.78 is 0. The first-order valence-electron chi connectivity index (χ1n) is 11.8. The highest BCUT2D eigenvalue weighted by Gasteiger charge is 2.28. The summed E-state index contributed by atoms with van der Waals surface area (Å²) in [7, 11) is 0. The zero-order chi connectivity index (χ0) is 21.6. The molecule has 31 heavy (non-hydrogen) atoms. The fourth-order valence-corrected chi connectivity index (χ4v) is 4.82. The number of nitrogens with one attached hydrogen (secondary N) is 1. The number of benzene rings is 1. The van der Waals surface area contributed by atoms with Crippen molar-refractivity contribution in [2.45, 2.75) is 64.3 Å². The van der Waals surface area contributed by atoms with Crippen molar-refractivity contribution >= 4 is 17.7 Å². The summed E-state index contributed by atoms with van der Waals surface area (Å²) in [5, 5.41) is 3.56. The quantitative estimate of drug-likeness (QED) is 0.750. The van der Waals surface area contributed by atoms with Crippen molar-refractivity contribution < 1.29 is 4.79 Å². The van der Waals surface area contributed by atoms with Crippen LogP contribution < -0.4 is 10.2 Å². The minimum atomic E-state index is -0.0552. The molecule has 1 aliphatic carbocycles. The molecule has 4 rings (SSSR count). The van der Waals surface area contributed by atoms with Crippen LogP contribution in [0.25, 0.3) is 0 Å². The number of piperazine rings is 1. The molecule has 0 radical (unpaired) electrons. The smallest absolute Gasteiger partial charge is 0.230 e. The lowest BCUT2D eigenvalue weighted by Crippen LogP contribution is -2.50. The Labute approximate surface area is 186 Å². The molecule has 1 saturated heterocycles. The van der Waals surface area contributed by atoms with Gasteiger partial charge in [0.25, 0.3) is 0 Å². The van der Waals surface area contributed by atoms with E-state index in [-0.39, 0.29) is 11.8 Å². The van der Waals surface area contributed by atoms with Crippen molar-refractivity contribution in [3.63, 3.8) is 0 Å². The van der Waals surface area contributed by atoms with Crippen LogP contribution in [-0.2, 0) is 4.79 Å². The Hall–Kier alpha value is -2.63. The predicted molar refractivity (Wildman–Crippen MR) is 126 cm³/mol. The van der Waals surface area contributed by atoms with Gasteiger partial charge in [0.15, 0.2) is 0 Å². The van der Waals surface area contributed by atoms with E-state index < -0.39 is 0 Å². The average molecular weight is 422 g/mol. The van der Waals surface area contributed by atoms with Gasteiger partial charge in [0.05, 0.1) is 5.92 Å². The number of aromatic nitrogens is 2. The summed E-state index contributed by atoms with van der Waals surface area (Å²) in [5.74, 6) is 1.90. The van der Waals surface area contributed by atoms with E-state index >= 15 is 0 Å². The Kier molecular flexibility index (Phi) is 7.05. The van der Waals surface area contributed by atoms with Crippen LogP contribution in [0, 0.1) is 6.92 Å². The van der Waals surface area contributed by atoms with E-state index in [1.165, 1.54) is 32.1 Å². The summed E-state index contributed by atoms with van der Waals surface area (Å²) in [6.07, 6.45) is 7.14. The zero-order valence-electron chi connectivity index (χ0n) is 18.9. The number of rotatable bonds is 6. The van der Waals surface area contributed by atoms with Crippen molar-refractivity contribution in [2.24, 2.45) is 0 Å². The maximum absolute atomic E-state index is 13.2. The molecule has 1 amide bonds. The standard InChI is InChI=1S/C25H35N5O/c1-3-22(20-10-6-4-7-11-20)24(31)30-16-14-29(15-17-30)23-18-19(2)26-25(28-23)27-21-12-8-5-9-13-21/h4,6-7,10-11,18,21-22H,3,5,8-9,12-17H2,1-2H3,(H,26,27,28). The molecular weight excluding hydrogens is 386 g/mol. The predicted octanol–water partition coefficient (Wildman–Crippen LogP) is 4.37. The van der Waals surface area contributed by atoms with Crippen molar-refractivity contribution in [1.29, 1.82) is 0 Å². The highest BCUT2D eigenvalue weighted by molar-refractivity contribution is 5.84. The molecule has 1 aromatic heterocycles. The molecule has 2 aromatic rings. The van der Waals surface area contributed by atoms with Crippen LogP contribution in [0.5, 0.6) is 0 Å². The van der Waals surface area contributed by atoms with Gasteiger partial charge >= 0.3 is 0 Å². The van der Waals surface area contributed by atoms with E-state index in [1.807, 2.05) is 30.0 Å². The Balaban J connectivity index is 1.38. The molecule has 2 fully saturated rings. The normalized spacial score (nSPS) is 18.6. The number of hydrogen-bond acceptors (Lipinski definition) is 5. The molecule has 6 nitrogen and oxygen atoms in total. The third kappa shape index (κ3) is 5.35. The number of carbonyl (C=O) groups excluding carboxylic acids is 1. The molecule has 6 heteroatoms. The molecule has 2 heterocycles. The zero-order valence-corrected chi connectivity index (χ0v) is 18.9. The van der Waals surface area contributed by atoms with Gasteiger partial charge in [-0.25, -0.2) is 4.98 Å². The number of amides is 1. The Morgan fingerprint density at radius 1 is 1.06 bits per heavy atom. The van der Waals surface area contributed by atoms with Crippen molar-refractivity contribution in [1.82, 2.24) is 14.9 Å². The largest absolute Gasteiger partial charge is 0.353 e. The van der Waals surface area contributed by atoms with Gasteiger partial charge < -0.3 is 15.1 Å². The van der Waals surface area contributed by atoms with Crippen LogP contribution in [0.3, 0.4) is 0 Å². The van der Waals surface area contributed by atoms with E-state index in [0.29, 0.717) is 6.04 Å². The van der Waals surface area contributed by atoms with Crippen LogP contribution in [0.4, 0.5) is 11.8 Å². The van der Waals surface area contributed by atoms with E-state index in [2.05, 4.69) is 40.3 Å². The van der Waals surface area contributed by atoms with Gasteiger partial charge in [0.1, 0.15) is 5.82 Å². The summed E-state index contributed by atoms with van der Waals surface area (Å²) in [6.45, 7) is 7.19. The second-order valence-corrected chi connectivity index (χ2v) is 8.85. The average Bonchev–Trinajstić information content (AvgIpc) is 2.80. The molecule has 1 N–H and O–H groups in total. The molecule has 1 aliphatic heterocycles. The fourth-order valence-electron chi connectivity index (χ4n) is 4.82. The lowest BCUT2D eigenvalue weighted by molar-refractivity contribution is -0.133. The maximum atomic E-state index is 13.2. The highest BCUT2D eigenvalue weighted by Crippen LogP contribution is 2.25. The molecule has 0 spiro atoms. The maximum Gasteiger partial charge on any atom is 0.230 e. The van der Waals surface area contributed by atoms with Gasteiger partial charge in [0.2, 0.25) is 11.9 Å². The van der Waals surface area contributed by atoms with E-state index in [4.69, 9.17) is 4.98 Å². The second-order valence-electron chi connectivity index (χ2n) is 8.85. The minimum absolute atomic E-state index is 0.0552. The van der Waals surface area contributed by atoms with Crippen molar-refractivity contribution in [3.8, 4) is 0 Å². The molecule has 1 atom stereocenters. The third-order valence-corrected chi connectivity index (χ3v) is 6.60. The van der Waals surface area contributed by atoms with Gasteiger partial charge in [-0.05, 0) is 31.7 Å². The number of aryl methyl sites for hydroxylation is 1. The molecule has 1 saturated carbocycles. The van der Waals surface area contributed by atoms with E-state index in [0.717, 1.165) is 55.6 Å². The topological polar surface area (TPSA) is 61.4 Å². The number of anilines is 2. The van der Waals surface area contributed by atoms with Gasteiger partial charge in [-0.2, -0.15) is 4.98 Å². The summed E-state index contributed by atoms with van der Waals surface area (Å²) in [5.41, 5.74) is 2.10. The third-order valence-electron chi connectivity index (χ3n) is 6.60. The number of nitrogens with zero attached hydrogens (tertiary/aromatic N) is 4.